The van der Waals surface area contributed by atoms with Gasteiger partial charge in [0.15, 0.2) is 0 Å². The Hall–Kier alpha value is -3.45. The van der Waals surface area contributed by atoms with E-state index in [1.165, 1.54) is 0 Å². The number of phenols is 1. The van der Waals surface area contributed by atoms with Crippen LogP contribution in [0.15, 0.2) is 53.3 Å². The van der Waals surface area contributed by atoms with Crippen molar-refractivity contribution in [2.24, 2.45) is 0 Å². The average molecular weight is 390 g/mol. The van der Waals surface area contributed by atoms with E-state index in [0.29, 0.717) is 29.1 Å². The monoisotopic (exact) mass is 390 g/mol. The van der Waals surface area contributed by atoms with Crippen molar-refractivity contribution in [3.8, 4) is 16.9 Å². The van der Waals surface area contributed by atoms with Crippen LogP contribution in [0.4, 0.5) is 5.69 Å². The minimum absolute atomic E-state index is 0.101. The van der Waals surface area contributed by atoms with Gasteiger partial charge in [-0.25, -0.2) is 0 Å². The molecule has 0 saturated carbocycles. The van der Waals surface area contributed by atoms with Gasteiger partial charge in [-0.3, -0.25) is 9.97 Å². The summed E-state index contributed by atoms with van der Waals surface area (Å²) in [6, 6.07) is 11.0. The Morgan fingerprint density at radius 3 is 2.59 bits per heavy atom. The van der Waals surface area contributed by atoms with E-state index in [1.807, 2.05) is 49.1 Å². The Morgan fingerprint density at radius 1 is 1.10 bits per heavy atom. The molecule has 4 rings (SSSR count). The summed E-state index contributed by atoms with van der Waals surface area (Å²) in [5, 5.41) is 25.9. The highest BCUT2D eigenvalue weighted by Gasteiger charge is 2.20. The first-order valence-electron chi connectivity index (χ1n) is 9.35. The molecule has 0 aliphatic heterocycles. The van der Waals surface area contributed by atoms with Gasteiger partial charge in [0.05, 0.1) is 34.7 Å². The van der Waals surface area contributed by atoms with Crippen LogP contribution in [0.25, 0.3) is 22.0 Å². The Morgan fingerprint density at radius 2 is 1.93 bits per heavy atom. The third-order valence-electron chi connectivity index (χ3n) is 4.96. The molecule has 0 fully saturated rings. The van der Waals surface area contributed by atoms with Gasteiger partial charge in [0.2, 0.25) is 0 Å². The van der Waals surface area contributed by atoms with Gasteiger partial charge in [-0.05, 0) is 51.1 Å². The Labute approximate surface area is 168 Å². The fraction of sp³-hybridized carbons (Fsp3) is 0.227. The second kappa shape index (κ2) is 7.52. The van der Waals surface area contributed by atoms with Gasteiger partial charge in [0, 0.05) is 23.3 Å². The molecule has 0 bridgehead atoms. The summed E-state index contributed by atoms with van der Waals surface area (Å²) >= 11 is 0. The number of aliphatic hydroxyl groups is 1. The molecule has 2 N–H and O–H groups in total. The number of fused-ring (bicyclic) bond motifs is 1. The van der Waals surface area contributed by atoms with Crippen LogP contribution in [-0.2, 0) is 6.54 Å². The van der Waals surface area contributed by atoms with Crippen LogP contribution in [0.2, 0.25) is 0 Å². The summed E-state index contributed by atoms with van der Waals surface area (Å²) in [5.74, 6) is 0.735. The van der Waals surface area contributed by atoms with E-state index in [2.05, 4.69) is 15.1 Å². The van der Waals surface area contributed by atoms with Gasteiger partial charge in [0.1, 0.15) is 17.7 Å². The number of pyridine rings is 2. The first kappa shape index (κ1) is 18.9. The fourth-order valence-electron chi connectivity index (χ4n) is 3.57. The van der Waals surface area contributed by atoms with Crippen LogP contribution < -0.4 is 4.90 Å². The van der Waals surface area contributed by atoms with Crippen molar-refractivity contribution < 1.29 is 14.7 Å². The van der Waals surface area contributed by atoms with Gasteiger partial charge in [-0.2, -0.15) is 0 Å². The van der Waals surface area contributed by atoms with Crippen LogP contribution in [0.3, 0.4) is 0 Å². The quantitative estimate of drug-likeness (QED) is 0.498. The average Bonchev–Trinajstić information content (AvgIpc) is 3.04. The highest BCUT2D eigenvalue weighted by atomic mass is 16.5. The third kappa shape index (κ3) is 3.52. The topological polar surface area (TPSA) is 95.5 Å². The number of hydrogen-bond acceptors (Lipinski definition) is 7. The number of benzene rings is 1. The Balaban J connectivity index is 1.84. The van der Waals surface area contributed by atoms with Crippen molar-refractivity contribution in [2.75, 3.05) is 4.90 Å². The van der Waals surface area contributed by atoms with E-state index in [4.69, 9.17) is 4.52 Å². The van der Waals surface area contributed by atoms with E-state index >= 15 is 0 Å². The summed E-state index contributed by atoms with van der Waals surface area (Å²) < 4.78 is 5.25. The molecule has 3 aromatic heterocycles. The second-order valence-corrected chi connectivity index (χ2v) is 7.00. The van der Waals surface area contributed by atoms with Gasteiger partial charge in [-0.1, -0.05) is 11.2 Å². The van der Waals surface area contributed by atoms with Crippen molar-refractivity contribution in [1.29, 1.82) is 0 Å². The van der Waals surface area contributed by atoms with Crippen LogP contribution in [0.1, 0.15) is 24.1 Å². The van der Waals surface area contributed by atoms with Gasteiger partial charge < -0.3 is 19.6 Å². The molecule has 1 unspecified atom stereocenters. The maximum atomic E-state index is 10.8. The van der Waals surface area contributed by atoms with E-state index in [-0.39, 0.29) is 5.75 Å². The van der Waals surface area contributed by atoms with E-state index in [1.54, 1.807) is 25.4 Å². The van der Waals surface area contributed by atoms with Gasteiger partial charge in [0.25, 0.3) is 0 Å². The molecule has 29 heavy (non-hydrogen) atoms. The summed E-state index contributed by atoms with van der Waals surface area (Å²) in [6.07, 6.45) is 2.66. The van der Waals surface area contributed by atoms with Crippen molar-refractivity contribution >= 4 is 16.6 Å². The molecule has 0 aliphatic carbocycles. The maximum absolute atomic E-state index is 10.8. The predicted octanol–water partition coefficient (Wildman–Crippen LogP) is 3.95. The summed E-state index contributed by atoms with van der Waals surface area (Å²) in [4.78, 5) is 10.7. The lowest BCUT2D eigenvalue weighted by molar-refractivity contribution is 0.186. The van der Waals surface area contributed by atoms with Crippen molar-refractivity contribution in [3.63, 3.8) is 0 Å². The number of aromatic hydroxyl groups is 1. The molecule has 3 heterocycles. The lowest BCUT2D eigenvalue weighted by Crippen LogP contribution is -2.32. The minimum atomic E-state index is -0.757. The number of aryl methyl sites for hydroxylation is 2. The number of nitrogens with zero attached hydrogens (tertiary/aromatic N) is 4. The fourth-order valence-corrected chi connectivity index (χ4v) is 3.57. The number of anilines is 1. The van der Waals surface area contributed by atoms with Crippen LogP contribution in [0, 0.1) is 13.8 Å². The van der Waals surface area contributed by atoms with Crippen LogP contribution in [0.5, 0.6) is 5.75 Å². The first-order valence-corrected chi connectivity index (χ1v) is 9.35. The molecule has 7 heteroatoms. The maximum Gasteiger partial charge on any atom is 0.141 e. The van der Waals surface area contributed by atoms with Crippen LogP contribution >= 0.6 is 0 Å². The number of aromatic nitrogens is 3. The Bertz CT molecular complexity index is 1140. The zero-order valence-electron chi connectivity index (χ0n) is 16.5. The number of rotatable bonds is 5. The van der Waals surface area contributed by atoms with Crippen molar-refractivity contribution in [2.45, 2.75) is 33.5 Å². The SMILES string of the molecule is Cc1noc(C)c1-c1cc2nccc(N(Cc3ccccn3)C(C)O)c2cc1O. The van der Waals surface area contributed by atoms with Gasteiger partial charge in [-0.15, -0.1) is 0 Å². The molecule has 1 atom stereocenters. The van der Waals surface area contributed by atoms with E-state index in [0.717, 1.165) is 22.3 Å². The number of hydrogen-bond donors (Lipinski definition) is 2. The van der Waals surface area contributed by atoms with Crippen molar-refractivity contribution in [1.82, 2.24) is 15.1 Å². The van der Waals surface area contributed by atoms with Gasteiger partial charge >= 0.3 is 0 Å². The van der Waals surface area contributed by atoms with E-state index in [9.17, 15) is 10.2 Å². The predicted molar refractivity (Wildman–Crippen MR) is 110 cm³/mol. The molecule has 7 nitrogen and oxygen atoms in total. The highest BCUT2D eigenvalue weighted by Crippen LogP contribution is 2.39. The zero-order valence-corrected chi connectivity index (χ0v) is 16.5. The smallest absolute Gasteiger partial charge is 0.141 e. The molecule has 0 amide bonds. The molecule has 0 saturated heterocycles. The molecule has 4 aromatic rings. The largest absolute Gasteiger partial charge is 0.507 e. The number of aliphatic hydroxyl groups excluding tert-OH is 1. The summed E-state index contributed by atoms with van der Waals surface area (Å²) in [5.41, 5.74) is 4.37. The molecular formula is C22H22N4O3. The van der Waals surface area contributed by atoms with E-state index < -0.39 is 6.23 Å². The third-order valence-corrected chi connectivity index (χ3v) is 4.96. The van der Waals surface area contributed by atoms with Crippen molar-refractivity contribution in [3.05, 3.63) is 65.9 Å². The van der Waals surface area contributed by atoms with Crippen LogP contribution in [-0.4, -0.2) is 31.6 Å². The molecular weight excluding hydrogens is 368 g/mol. The lowest BCUT2D eigenvalue weighted by atomic mass is 10.00. The Kier molecular flexibility index (Phi) is 4.90. The minimum Gasteiger partial charge on any atom is -0.507 e. The first-order chi connectivity index (χ1) is 14.0. The summed E-state index contributed by atoms with van der Waals surface area (Å²) in [7, 11) is 0. The standard InChI is InChI=1S/C22H22N4O3/c1-13-22(14(2)29-25-13)18-10-19-17(11-21(18)28)20(7-9-24-19)26(15(3)27)12-16-6-4-5-8-23-16/h4-11,15,27-28H,12H2,1-3H3. The second-order valence-electron chi connectivity index (χ2n) is 7.00. The zero-order chi connectivity index (χ0) is 20.5. The molecule has 148 valence electrons. The summed E-state index contributed by atoms with van der Waals surface area (Å²) in [6.45, 7) is 5.77. The number of phenolic OH excluding ortho intramolecular Hbond substituents is 1. The lowest BCUT2D eigenvalue weighted by Gasteiger charge is -2.28. The molecule has 1 aromatic carbocycles. The molecule has 0 radical (unpaired) electrons. The molecule has 0 aliphatic rings. The normalized spacial score (nSPS) is 12.3. The highest BCUT2D eigenvalue weighted by molar-refractivity contribution is 5.96. The molecule has 0 spiro atoms.